The first-order valence-electron chi connectivity index (χ1n) is 5.18. The standard InChI is InChI=1S/C12H17NO2/c1-3-15-12(14)8-11(13)10-6-4-9(2)5-7-10/h4-7,11H,3,8,13H2,1-2H3/p+1. The molecule has 0 radical (unpaired) electrons. The fourth-order valence-corrected chi connectivity index (χ4v) is 1.38. The molecule has 3 nitrogen and oxygen atoms in total. The third kappa shape index (κ3) is 3.72. The number of hydrogen-bond acceptors (Lipinski definition) is 2. The Morgan fingerprint density at radius 2 is 2.00 bits per heavy atom. The van der Waals surface area contributed by atoms with Crippen molar-refractivity contribution in [3.8, 4) is 0 Å². The molecule has 0 heterocycles. The van der Waals surface area contributed by atoms with Gasteiger partial charge >= 0.3 is 5.97 Å². The smallest absolute Gasteiger partial charge is 0.312 e. The van der Waals surface area contributed by atoms with E-state index >= 15 is 0 Å². The van der Waals surface area contributed by atoms with Gasteiger partial charge in [0, 0.05) is 5.56 Å². The van der Waals surface area contributed by atoms with Gasteiger partial charge in [-0.1, -0.05) is 29.8 Å². The average Bonchev–Trinajstić information content (AvgIpc) is 2.18. The molecule has 0 aliphatic carbocycles. The number of ether oxygens (including phenoxy) is 1. The summed E-state index contributed by atoms with van der Waals surface area (Å²) in [6.45, 7) is 4.27. The van der Waals surface area contributed by atoms with Gasteiger partial charge in [0.05, 0.1) is 6.61 Å². The Balaban J connectivity index is 2.57. The van der Waals surface area contributed by atoms with Crippen molar-refractivity contribution < 1.29 is 15.3 Å². The van der Waals surface area contributed by atoms with Gasteiger partial charge in [-0.2, -0.15) is 0 Å². The van der Waals surface area contributed by atoms with Crippen LogP contribution in [-0.4, -0.2) is 12.6 Å². The lowest BCUT2D eigenvalue weighted by Gasteiger charge is -2.08. The molecule has 0 saturated heterocycles. The predicted molar refractivity (Wildman–Crippen MR) is 58.1 cm³/mol. The molecule has 0 aromatic heterocycles. The number of carbonyl (C=O) groups is 1. The van der Waals surface area contributed by atoms with E-state index in [9.17, 15) is 4.79 Å². The highest BCUT2D eigenvalue weighted by atomic mass is 16.5. The van der Waals surface area contributed by atoms with Crippen molar-refractivity contribution in [2.75, 3.05) is 6.61 Å². The second kappa shape index (κ2) is 5.51. The summed E-state index contributed by atoms with van der Waals surface area (Å²) < 4.78 is 4.88. The van der Waals surface area contributed by atoms with Gasteiger partial charge in [0.1, 0.15) is 12.5 Å². The Bertz CT molecular complexity index is 319. The molecule has 0 aliphatic heterocycles. The predicted octanol–water partition coefficient (Wildman–Crippen LogP) is 1.23. The van der Waals surface area contributed by atoms with E-state index in [4.69, 9.17) is 4.74 Å². The minimum Gasteiger partial charge on any atom is -0.466 e. The Labute approximate surface area is 90.2 Å². The van der Waals surface area contributed by atoms with Crippen molar-refractivity contribution in [2.45, 2.75) is 26.3 Å². The van der Waals surface area contributed by atoms with Crippen LogP contribution in [0.3, 0.4) is 0 Å². The van der Waals surface area contributed by atoms with Gasteiger partial charge in [-0.05, 0) is 13.8 Å². The van der Waals surface area contributed by atoms with Gasteiger partial charge in [0.15, 0.2) is 0 Å². The summed E-state index contributed by atoms with van der Waals surface area (Å²) in [5, 5.41) is 0. The molecule has 0 amide bonds. The van der Waals surface area contributed by atoms with E-state index in [1.807, 2.05) is 38.1 Å². The van der Waals surface area contributed by atoms with Crippen LogP contribution >= 0.6 is 0 Å². The van der Waals surface area contributed by atoms with Gasteiger partial charge < -0.3 is 10.5 Å². The molecular weight excluding hydrogens is 190 g/mol. The average molecular weight is 208 g/mol. The van der Waals surface area contributed by atoms with Crippen LogP contribution < -0.4 is 5.73 Å². The molecule has 1 aromatic carbocycles. The summed E-state index contributed by atoms with van der Waals surface area (Å²) in [5.41, 5.74) is 6.25. The van der Waals surface area contributed by atoms with E-state index in [0.29, 0.717) is 13.0 Å². The molecule has 1 aromatic rings. The molecule has 0 aliphatic rings. The third-order valence-electron chi connectivity index (χ3n) is 2.27. The molecule has 1 atom stereocenters. The van der Waals surface area contributed by atoms with Crippen molar-refractivity contribution in [1.29, 1.82) is 0 Å². The summed E-state index contributed by atoms with van der Waals surface area (Å²) in [4.78, 5) is 11.2. The van der Waals surface area contributed by atoms with Gasteiger partial charge in [-0.15, -0.1) is 0 Å². The maximum Gasteiger partial charge on any atom is 0.312 e. The lowest BCUT2D eigenvalue weighted by molar-refractivity contribution is -0.425. The van der Waals surface area contributed by atoms with Crippen LogP contribution in [-0.2, 0) is 9.53 Å². The summed E-state index contributed by atoms with van der Waals surface area (Å²) in [6, 6.07) is 8.04. The second-order valence-electron chi connectivity index (χ2n) is 3.62. The van der Waals surface area contributed by atoms with E-state index < -0.39 is 0 Å². The van der Waals surface area contributed by atoms with E-state index in [1.165, 1.54) is 5.56 Å². The number of rotatable bonds is 4. The minimum absolute atomic E-state index is 0.0235. The second-order valence-corrected chi connectivity index (χ2v) is 3.62. The lowest BCUT2D eigenvalue weighted by Crippen LogP contribution is -2.54. The summed E-state index contributed by atoms with van der Waals surface area (Å²) in [6.07, 6.45) is 0.344. The Morgan fingerprint density at radius 1 is 1.40 bits per heavy atom. The van der Waals surface area contributed by atoms with Gasteiger partial charge in [-0.3, -0.25) is 4.79 Å². The third-order valence-corrected chi connectivity index (χ3v) is 2.27. The number of benzene rings is 1. The van der Waals surface area contributed by atoms with Crippen LogP contribution in [0.25, 0.3) is 0 Å². The number of esters is 1. The van der Waals surface area contributed by atoms with Gasteiger partial charge in [-0.25, -0.2) is 0 Å². The van der Waals surface area contributed by atoms with Crippen LogP contribution in [0.15, 0.2) is 24.3 Å². The van der Waals surface area contributed by atoms with Crippen LogP contribution in [0.1, 0.15) is 30.5 Å². The highest BCUT2D eigenvalue weighted by molar-refractivity contribution is 5.70. The van der Waals surface area contributed by atoms with Gasteiger partial charge in [0.2, 0.25) is 0 Å². The van der Waals surface area contributed by atoms with Crippen LogP contribution in [0.4, 0.5) is 0 Å². The number of aryl methyl sites for hydroxylation is 1. The van der Waals surface area contributed by atoms with Crippen molar-refractivity contribution in [1.82, 2.24) is 0 Å². The maximum atomic E-state index is 11.2. The molecule has 0 saturated carbocycles. The first kappa shape index (κ1) is 11.7. The van der Waals surface area contributed by atoms with Crippen LogP contribution in [0.5, 0.6) is 0 Å². The van der Waals surface area contributed by atoms with Crippen molar-refractivity contribution in [3.05, 3.63) is 35.4 Å². The van der Waals surface area contributed by atoms with E-state index in [0.717, 1.165) is 5.56 Å². The molecule has 82 valence electrons. The fourth-order valence-electron chi connectivity index (χ4n) is 1.38. The van der Waals surface area contributed by atoms with Crippen molar-refractivity contribution in [3.63, 3.8) is 0 Å². The maximum absolute atomic E-state index is 11.2. The zero-order chi connectivity index (χ0) is 11.3. The van der Waals surface area contributed by atoms with Crippen LogP contribution in [0, 0.1) is 6.92 Å². The number of quaternary nitrogens is 1. The monoisotopic (exact) mass is 208 g/mol. The Kier molecular flexibility index (Phi) is 4.31. The SMILES string of the molecule is CCOC(=O)CC([NH3+])c1ccc(C)cc1. The minimum atomic E-state index is -0.182. The van der Waals surface area contributed by atoms with E-state index in [-0.39, 0.29) is 12.0 Å². The fraction of sp³-hybridized carbons (Fsp3) is 0.417. The molecule has 0 bridgehead atoms. The summed E-state index contributed by atoms with van der Waals surface area (Å²) in [7, 11) is 0. The quantitative estimate of drug-likeness (QED) is 0.757. The molecular formula is C12H18NO2+. The molecule has 0 spiro atoms. The number of hydrogen-bond donors (Lipinski definition) is 1. The summed E-state index contributed by atoms with van der Waals surface area (Å²) >= 11 is 0. The number of carbonyl (C=O) groups excluding carboxylic acids is 1. The first-order chi connectivity index (χ1) is 7.13. The van der Waals surface area contributed by atoms with Crippen molar-refractivity contribution in [2.24, 2.45) is 0 Å². The Morgan fingerprint density at radius 3 is 2.53 bits per heavy atom. The van der Waals surface area contributed by atoms with Crippen LogP contribution in [0.2, 0.25) is 0 Å². The van der Waals surface area contributed by atoms with E-state index in [1.54, 1.807) is 0 Å². The molecule has 0 fully saturated rings. The lowest BCUT2D eigenvalue weighted by atomic mass is 10.0. The highest BCUT2D eigenvalue weighted by Crippen LogP contribution is 2.13. The zero-order valence-corrected chi connectivity index (χ0v) is 9.32. The molecule has 15 heavy (non-hydrogen) atoms. The van der Waals surface area contributed by atoms with Crippen molar-refractivity contribution >= 4 is 5.97 Å². The largest absolute Gasteiger partial charge is 0.466 e. The zero-order valence-electron chi connectivity index (χ0n) is 9.32. The molecule has 1 unspecified atom stereocenters. The van der Waals surface area contributed by atoms with E-state index in [2.05, 4.69) is 5.73 Å². The normalized spacial score (nSPS) is 12.2. The molecule has 1 rings (SSSR count). The first-order valence-corrected chi connectivity index (χ1v) is 5.18. The summed E-state index contributed by atoms with van der Waals surface area (Å²) in [5.74, 6) is -0.182. The molecule has 3 heteroatoms. The van der Waals surface area contributed by atoms with Gasteiger partial charge in [0.25, 0.3) is 0 Å². The topological polar surface area (TPSA) is 53.9 Å². The Hall–Kier alpha value is -1.35. The highest BCUT2D eigenvalue weighted by Gasteiger charge is 2.15. The molecule has 3 N–H and O–H groups in total.